The number of hydrogen-bond donors (Lipinski definition) is 2. The molecule has 0 aliphatic rings. The van der Waals surface area contributed by atoms with E-state index < -0.39 is 24.3 Å². The number of aromatic nitrogens is 1. The number of ketones is 1. The summed E-state index contributed by atoms with van der Waals surface area (Å²) in [6.45, 7) is 4.64. The van der Waals surface area contributed by atoms with Crippen molar-refractivity contribution in [1.29, 1.82) is 0 Å². The Morgan fingerprint density at radius 2 is 1.85 bits per heavy atom. The lowest BCUT2D eigenvalue weighted by Crippen LogP contribution is -2.16. The summed E-state index contributed by atoms with van der Waals surface area (Å²) in [6, 6.07) is 4.31. The van der Waals surface area contributed by atoms with E-state index in [9.17, 15) is 19.5 Å². The van der Waals surface area contributed by atoms with Crippen molar-refractivity contribution >= 4 is 33.7 Å². The molecule has 2 aromatic rings. The Bertz CT molecular complexity index is 871. The molecule has 26 heavy (non-hydrogen) atoms. The molecule has 1 heterocycles. The van der Waals surface area contributed by atoms with Crippen molar-refractivity contribution in [3.8, 4) is 5.75 Å². The molecule has 0 saturated heterocycles. The molecular formula is C18H18BrNO6. The number of hydrogen-bond acceptors (Lipinski definition) is 6. The van der Waals surface area contributed by atoms with Gasteiger partial charge in [0.2, 0.25) is 5.78 Å². The van der Waals surface area contributed by atoms with Gasteiger partial charge in [-0.2, -0.15) is 0 Å². The van der Waals surface area contributed by atoms with Crippen LogP contribution in [0.1, 0.15) is 49.4 Å². The summed E-state index contributed by atoms with van der Waals surface area (Å²) in [5, 5.41) is 9.73. The number of Topliss-reactive ketones (excluding diaryl/α,β-unsaturated/α-hetero) is 1. The van der Waals surface area contributed by atoms with Gasteiger partial charge in [-0.05, 0) is 44.5 Å². The summed E-state index contributed by atoms with van der Waals surface area (Å²) in [6.07, 6.45) is 0. The van der Waals surface area contributed by atoms with E-state index in [2.05, 4.69) is 20.9 Å². The van der Waals surface area contributed by atoms with Crippen molar-refractivity contribution in [2.45, 2.75) is 20.8 Å². The number of esters is 2. The van der Waals surface area contributed by atoms with Gasteiger partial charge in [0.25, 0.3) is 0 Å². The van der Waals surface area contributed by atoms with Crippen molar-refractivity contribution in [2.75, 3.05) is 13.2 Å². The van der Waals surface area contributed by atoms with Crippen LogP contribution in [0.2, 0.25) is 0 Å². The molecule has 0 bridgehead atoms. The summed E-state index contributed by atoms with van der Waals surface area (Å²) in [5.74, 6) is -2.09. The minimum absolute atomic E-state index is 0.0538. The van der Waals surface area contributed by atoms with Crippen LogP contribution < -0.4 is 0 Å². The highest BCUT2D eigenvalue weighted by Gasteiger charge is 2.24. The van der Waals surface area contributed by atoms with E-state index >= 15 is 0 Å². The first-order valence-electron chi connectivity index (χ1n) is 7.81. The summed E-state index contributed by atoms with van der Waals surface area (Å²) in [4.78, 5) is 39.3. The van der Waals surface area contributed by atoms with Gasteiger partial charge in [-0.1, -0.05) is 15.9 Å². The van der Waals surface area contributed by atoms with E-state index in [0.29, 0.717) is 15.7 Å². The van der Waals surface area contributed by atoms with Gasteiger partial charge in [-0.3, -0.25) is 4.79 Å². The number of nitrogens with one attached hydrogen (secondary N) is 1. The van der Waals surface area contributed by atoms with E-state index in [0.717, 1.165) is 0 Å². The quantitative estimate of drug-likeness (QED) is 0.545. The normalized spacial score (nSPS) is 10.5. The molecule has 1 aromatic heterocycles. The number of carbonyl (C=O) groups is 3. The number of ether oxygens (including phenoxy) is 2. The van der Waals surface area contributed by atoms with E-state index in [1.54, 1.807) is 26.8 Å². The Morgan fingerprint density at radius 3 is 2.50 bits per heavy atom. The molecule has 1 aromatic carbocycles. The first-order chi connectivity index (χ1) is 12.3. The maximum Gasteiger partial charge on any atom is 0.355 e. The van der Waals surface area contributed by atoms with Crippen LogP contribution in [0.4, 0.5) is 0 Å². The fourth-order valence-corrected chi connectivity index (χ4v) is 2.89. The van der Waals surface area contributed by atoms with E-state index in [1.165, 1.54) is 12.1 Å². The van der Waals surface area contributed by atoms with E-state index in [1.807, 2.05) is 0 Å². The average Bonchev–Trinajstić information content (AvgIpc) is 2.89. The smallest absolute Gasteiger partial charge is 0.355 e. The van der Waals surface area contributed by atoms with Gasteiger partial charge in [0, 0.05) is 15.7 Å². The highest BCUT2D eigenvalue weighted by atomic mass is 79.9. The number of H-pyrrole nitrogens is 1. The molecule has 0 atom stereocenters. The lowest BCUT2D eigenvalue weighted by molar-refractivity contribution is 0.0470. The summed E-state index contributed by atoms with van der Waals surface area (Å²) >= 11 is 3.20. The third kappa shape index (κ3) is 4.13. The zero-order valence-corrected chi connectivity index (χ0v) is 16.1. The molecule has 2 N–H and O–H groups in total. The third-order valence-corrected chi connectivity index (χ3v) is 4.20. The summed E-state index contributed by atoms with van der Waals surface area (Å²) < 4.78 is 10.5. The van der Waals surface area contributed by atoms with Gasteiger partial charge >= 0.3 is 11.9 Å². The standard InChI is InChI=1S/C18H18BrNO6/c1-4-25-18(24)16-9(2)15(10(3)20-16)14(22)8-26-17(23)12-7-11(19)5-6-13(12)21/h5-7,20-21H,4,8H2,1-3H3. The van der Waals surface area contributed by atoms with Gasteiger partial charge < -0.3 is 19.6 Å². The lowest BCUT2D eigenvalue weighted by atomic mass is 10.1. The van der Waals surface area contributed by atoms with E-state index in [4.69, 9.17) is 9.47 Å². The third-order valence-electron chi connectivity index (χ3n) is 3.71. The van der Waals surface area contributed by atoms with Crippen LogP contribution in [-0.2, 0) is 9.47 Å². The SMILES string of the molecule is CCOC(=O)c1[nH]c(C)c(C(=O)COC(=O)c2cc(Br)ccc2O)c1C. The van der Waals surface area contributed by atoms with Crippen molar-refractivity contribution in [3.05, 3.63) is 50.8 Å². The summed E-state index contributed by atoms with van der Waals surface area (Å²) in [5.41, 5.74) is 1.34. The molecule has 0 unspecified atom stereocenters. The highest BCUT2D eigenvalue weighted by molar-refractivity contribution is 9.10. The number of benzene rings is 1. The predicted octanol–water partition coefficient (Wildman–Crippen LogP) is 3.32. The number of rotatable bonds is 6. The number of halogens is 1. The second kappa shape index (κ2) is 8.18. The largest absolute Gasteiger partial charge is 0.507 e. The molecule has 0 radical (unpaired) electrons. The Kier molecular flexibility index (Phi) is 6.20. The molecule has 2 rings (SSSR count). The molecular weight excluding hydrogens is 406 g/mol. The second-order valence-corrected chi connectivity index (χ2v) is 6.42. The lowest BCUT2D eigenvalue weighted by Gasteiger charge is -2.07. The van der Waals surface area contributed by atoms with Crippen LogP contribution in [0.3, 0.4) is 0 Å². The first kappa shape index (κ1) is 19.7. The minimum atomic E-state index is -0.825. The molecule has 0 spiro atoms. The van der Waals surface area contributed by atoms with Gasteiger partial charge in [-0.15, -0.1) is 0 Å². The fraction of sp³-hybridized carbons (Fsp3) is 0.278. The van der Waals surface area contributed by atoms with Crippen LogP contribution in [0.25, 0.3) is 0 Å². The number of aryl methyl sites for hydroxylation is 1. The van der Waals surface area contributed by atoms with Gasteiger partial charge in [0.1, 0.15) is 17.0 Å². The van der Waals surface area contributed by atoms with Gasteiger partial charge in [0.15, 0.2) is 6.61 Å². The Hall–Kier alpha value is -2.61. The van der Waals surface area contributed by atoms with Crippen molar-refractivity contribution in [1.82, 2.24) is 4.98 Å². The van der Waals surface area contributed by atoms with Crippen LogP contribution in [0.5, 0.6) is 5.75 Å². The Labute approximate surface area is 158 Å². The average molecular weight is 424 g/mol. The summed E-state index contributed by atoms with van der Waals surface area (Å²) in [7, 11) is 0. The van der Waals surface area contributed by atoms with Gasteiger partial charge in [-0.25, -0.2) is 9.59 Å². The topological polar surface area (TPSA) is 106 Å². The molecule has 0 aliphatic heterocycles. The zero-order chi connectivity index (χ0) is 19.4. The molecule has 0 fully saturated rings. The van der Waals surface area contributed by atoms with Crippen LogP contribution in [0, 0.1) is 13.8 Å². The number of phenols is 1. The van der Waals surface area contributed by atoms with Crippen LogP contribution >= 0.6 is 15.9 Å². The maximum atomic E-state index is 12.4. The van der Waals surface area contributed by atoms with Gasteiger partial charge in [0.05, 0.1) is 6.61 Å². The molecule has 0 saturated carbocycles. The Morgan fingerprint density at radius 1 is 1.15 bits per heavy atom. The number of aromatic amines is 1. The van der Waals surface area contributed by atoms with E-state index in [-0.39, 0.29) is 29.2 Å². The molecule has 138 valence electrons. The minimum Gasteiger partial charge on any atom is -0.507 e. The molecule has 0 amide bonds. The fourth-order valence-electron chi connectivity index (χ4n) is 2.53. The number of aromatic hydroxyl groups is 1. The first-order valence-corrected chi connectivity index (χ1v) is 8.60. The Balaban J connectivity index is 2.14. The van der Waals surface area contributed by atoms with Crippen LogP contribution in [-0.4, -0.2) is 41.0 Å². The number of phenolic OH excluding ortho intramolecular Hbond substituents is 1. The van der Waals surface area contributed by atoms with Crippen LogP contribution in [0.15, 0.2) is 22.7 Å². The van der Waals surface area contributed by atoms with Crippen molar-refractivity contribution < 1.29 is 29.0 Å². The molecule has 7 nitrogen and oxygen atoms in total. The molecule has 8 heteroatoms. The molecule has 0 aliphatic carbocycles. The second-order valence-electron chi connectivity index (χ2n) is 5.51. The zero-order valence-electron chi connectivity index (χ0n) is 14.5. The van der Waals surface area contributed by atoms with Crippen molar-refractivity contribution in [2.24, 2.45) is 0 Å². The highest BCUT2D eigenvalue weighted by Crippen LogP contribution is 2.23. The van der Waals surface area contributed by atoms with Crippen molar-refractivity contribution in [3.63, 3.8) is 0 Å². The predicted molar refractivity (Wildman–Crippen MR) is 96.6 cm³/mol. The maximum absolute atomic E-state index is 12.4. The monoisotopic (exact) mass is 423 g/mol. The number of carbonyl (C=O) groups excluding carboxylic acids is 3.